The van der Waals surface area contributed by atoms with E-state index in [9.17, 15) is 0 Å². The van der Waals surface area contributed by atoms with E-state index in [1.54, 1.807) is 0 Å². The van der Waals surface area contributed by atoms with Gasteiger partial charge in [-0.25, -0.2) is 0 Å². The van der Waals surface area contributed by atoms with Gasteiger partial charge in [-0.3, -0.25) is 0 Å². The molecular formula is C13H16O. The molecule has 1 fully saturated rings. The third kappa shape index (κ3) is 1.82. The van der Waals surface area contributed by atoms with Crippen LogP contribution in [-0.2, 0) is 11.2 Å². The van der Waals surface area contributed by atoms with E-state index in [4.69, 9.17) is 4.74 Å². The normalized spacial score (nSPS) is 25.4. The lowest BCUT2D eigenvalue weighted by atomic mass is 9.92. The van der Waals surface area contributed by atoms with Crippen molar-refractivity contribution >= 4 is 0 Å². The fourth-order valence-corrected chi connectivity index (χ4v) is 1.80. The Hall–Kier alpha value is -1.24. The molecule has 0 N–H and O–H groups in total. The molecule has 0 aromatic heterocycles. The average molecular weight is 188 g/mol. The number of aryl methyl sites for hydroxylation is 1. The topological polar surface area (TPSA) is 9.23 Å². The first-order valence-corrected chi connectivity index (χ1v) is 5.17. The second kappa shape index (κ2) is 3.87. The van der Waals surface area contributed by atoms with E-state index in [-0.39, 0.29) is 0 Å². The molecule has 14 heavy (non-hydrogen) atoms. The highest BCUT2D eigenvalue weighted by molar-refractivity contribution is 5.15. The summed E-state index contributed by atoms with van der Waals surface area (Å²) >= 11 is 0. The number of rotatable bonds is 3. The molecule has 1 heteroatoms. The molecule has 0 spiro atoms. The van der Waals surface area contributed by atoms with Crippen molar-refractivity contribution in [2.45, 2.75) is 25.9 Å². The molecule has 0 amide bonds. The predicted molar refractivity (Wildman–Crippen MR) is 57.9 cm³/mol. The number of ether oxygens (including phenoxy) is 1. The first-order valence-electron chi connectivity index (χ1n) is 5.17. The maximum absolute atomic E-state index is 5.48. The van der Waals surface area contributed by atoms with Gasteiger partial charge in [-0.2, -0.15) is 0 Å². The zero-order valence-corrected chi connectivity index (χ0v) is 8.57. The standard InChI is InChI=1S/C13H16O/c1-10-11(2)14-13(10)9-8-12-6-4-3-5-7-12/h3-7,10,13H,2,8-9H2,1H3/t10-,13+/m0/s1. The van der Waals surface area contributed by atoms with Crippen LogP contribution in [0.3, 0.4) is 0 Å². The molecule has 2 atom stereocenters. The van der Waals surface area contributed by atoms with E-state index < -0.39 is 0 Å². The highest BCUT2D eigenvalue weighted by Gasteiger charge is 2.32. The lowest BCUT2D eigenvalue weighted by Gasteiger charge is -2.37. The van der Waals surface area contributed by atoms with Crippen LogP contribution in [0.25, 0.3) is 0 Å². The van der Waals surface area contributed by atoms with E-state index >= 15 is 0 Å². The van der Waals surface area contributed by atoms with Crippen LogP contribution in [-0.4, -0.2) is 6.10 Å². The van der Waals surface area contributed by atoms with E-state index in [1.165, 1.54) is 5.56 Å². The Balaban J connectivity index is 1.81. The van der Waals surface area contributed by atoms with Crippen molar-refractivity contribution in [1.82, 2.24) is 0 Å². The molecule has 1 aromatic rings. The fraction of sp³-hybridized carbons (Fsp3) is 0.385. The van der Waals surface area contributed by atoms with E-state index in [0.717, 1.165) is 18.6 Å². The number of benzene rings is 1. The third-order valence-electron chi connectivity index (χ3n) is 2.93. The molecule has 0 unspecified atom stereocenters. The molecule has 0 aliphatic carbocycles. The molecule has 1 nitrogen and oxygen atoms in total. The summed E-state index contributed by atoms with van der Waals surface area (Å²) in [5, 5.41) is 0. The predicted octanol–water partition coefficient (Wildman–Crippen LogP) is 3.17. The maximum Gasteiger partial charge on any atom is 0.108 e. The molecule has 1 aromatic carbocycles. The van der Waals surface area contributed by atoms with Crippen LogP contribution < -0.4 is 0 Å². The van der Waals surface area contributed by atoms with Crippen molar-refractivity contribution in [2.75, 3.05) is 0 Å². The molecular weight excluding hydrogens is 172 g/mol. The van der Waals surface area contributed by atoms with Crippen molar-refractivity contribution in [3.05, 3.63) is 48.2 Å². The molecule has 1 saturated heterocycles. The van der Waals surface area contributed by atoms with Gasteiger partial charge in [-0.15, -0.1) is 0 Å². The van der Waals surface area contributed by atoms with E-state index in [1.807, 2.05) is 6.07 Å². The zero-order chi connectivity index (χ0) is 9.97. The molecule has 1 aliphatic heterocycles. The van der Waals surface area contributed by atoms with Crippen LogP contribution in [0, 0.1) is 5.92 Å². The average Bonchev–Trinajstić information content (AvgIpc) is 2.25. The minimum Gasteiger partial charge on any atom is -0.494 e. The molecule has 2 rings (SSSR count). The van der Waals surface area contributed by atoms with Crippen LogP contribution in [0.5, 0.6) is 0 Å². The van der Waals surface area contributed by atoms with Gasteiger partial charge in [-0.05, 0) is 18.4 Å². The first-order chi connectivity index (χ1) is 6.77. The van der Waals surface area contributed by atoms with Crippen molar-refractivity contribution in [3.8, 4) is 0 Å². The van der Waals surface area contributed by atoms with Gasteiger partial charge in [0.1, 0.15) is 6.10 Å². The smallest absolute Gasteiger partial charge is 0.108 e. The van der Waals surface area contributed by atoms with Gasteiger partial charge in [0.25, 0.3) is 0 Å². The van der Waals surface area contributed by atoms with Crippen LogP contribution in [0.4, 0.5) is 0 Å². The number of hydrogen-bond acceptors (Lipinski definition) is 1. The van der Waals surface area contributed by atoms with Crippen LogP contribution in [0.1, 0.15) is 18.9 Å². The Morgan fingerprint density at radius 2 is 2.00 bits per heavy atom. The lowest BCUT2D eigenvalue weighted by Crippen LogP contribution is -2.35. The van der Waals surface area contributed by atoms with Gasteiger partial charge in [0.05, 0.1) is 11.7 Å². The molecule has 0 bridgehead atoms. The summed E-state index contributed by atoms with van der Waals surface area (Å²) in [5.74, 6) is 1.49. The SMILES string of the molecule is C=C1O[C@H](CCc2ccccc2)[C@H]1C. The van der Waals surface area contributed by atoms with Crippen LogP contribution >= 0.6 is 0 Å². The quantitative estimate of drug-likeness (QED) is 0.708. The van der Waals surface area contributed by atoms with Gasteiger partial charge in [-0.1, -0.05) is 43.8 Å². The van der Waals surface area contributed by atoms with Crippen molar-refractivity contribution in [3.63, 3.8) is 0 Å². The van der Waals surface area contributed by atoms with Gasteiger partial charge in [0.15, 0.2) is 0 Å². The van der Waals surface area contributed by atoms with Crippen molar-refractivity contribution in [1.29, 1.82) is 0 Å². The zero-order valence-electron chi connectivity index (χ0n) is 8.57. The van der Waals surface area contributed by atoms with Gasteiger partial charge < -0.3 is 4.74 Å². The Morgan fingerprint density at radius 1 is 1.29 bits per heavy atom. The summed E-state index contributed by atoms with van der Waals surface area (Å²) in [7, 11) is 0. The summed E-state index contributed by atoms with van der Waals surface area (Å²) in [6.45, 7) is 6.01. The van der Waals surface area contributed by atoms with Crippen molar-refractivity contribution in [2.24, 2.45) is 5.92 Å². The molecule has 0 radical (unpaired) electrons. The summed E-state index contributed by atoms with van der Waals surface area (Å²) in [4.78, 5) is 0. The van der Waals surface area contributed by atoms with Crippen LogP contribution in [0.2, 0.25) is 0 Å². The minimum atomic E-state index is 0.391. The lowest BCUT2D eigenvalue weighted by molar-refractivity contribution is -0.0379. The fourth-order valence-electron chi connectivity index (χ4n) is 1.80. The van der Waals surface area contributed by atoms with E-state index in [2.05, 4.69) is 37.8 Å². The second-order valence-electron chi connectivity index (χ2n) is 3.94. The van der Waals surface area contributed by atoms with Crippen LogP contribution in [0.15, 0.2) is 42.7 Å². The third-order valence-corrected chi connectivity index (χ3v) is 2.93. The maximum atomic E-state index is 5.48. The molecule has 0 saturated carbocycles. The Kier molecular flexibility index (Phi) is 2.58. The molecule has 1 heterocycles. The minimum absolute atomic E-state index is 0.391. The largest absolute Gasteiger partial charge is 0.494 e. The summed E-state index contributed by atoms with van der Waals surface area (Å²) in [5.41, 5.74) is 1.39. The van der Waals surface area contributed by atoms with E-state index in [0.29, 0.717) is 12.0 Å². The molecule has 1 aliphatic rings. The molecule has 74 valence electrons. The monoisotopic (exact) mass is 188 g/mol. The Morgan fingerprint density at radius 3 is 2.57 bits per heavy atom. The highest BCUT2D eigenvalue weighted by Crippen LogP contribution is 2.33. The number of hydrogen-bond donors (Lipinski definition) is 0. The summed E-state index contributed by atoms with van der Waals surface area (Å²) < 4.78 is 5.48. The Bertz CT molecular complexity index is 315. The summed E-state index contributed by atoms with van der Waals surface area (Å²) in [6, 6.07) is 10.5. The Labute approximate surface area is 85.4 Å². The second-order valence-corrected chi connectivity index (χ2v) is 3.94. The first kappa shape index (κ1) is 9.32. The van der Waals surface area contributed by atoms with Crippen molar-refractivity contribution < 1.29 is 4.74 Å². The van der Waals surface area contributed by atoms with Gasteiger partial charge in [0.2, 0.25) is 0 Å². The van der Waals surface area contributed by atoms with Gasteiger partial charge in [0, 0.05) is 0 Å². The summed E-state index contributed by atoms with van der Waals surface area (Å²) in [6.07, 6.45) is 2.59. The van der Waals surface area contributed by atoms with Gasteiger partial charge >= 0.3 is 0 Å². The highest BCUT2D eigenvalue weighted by atomic mass is 16.5.